The first-order chi connectivity index (χ1) is 8.16. The molecule has 2 atom stereocenters. The van der Waals surface area contributed by atoms with E-state index in [4.69, 9.17) is 8.94 Å². The highest BCUT2D eigenvalue weighted by molar-refractivity contribution is 5.44. The average molecular weight is 237 g/mol. The Bertz CT molecular complexity index is 450. The molecule has 0 radical (unpaired) electrons. The van der Waals surface area contributed by atoms with Gasteiger partial charge < -0.3 is 19.4 Å². The molecule has 0 saturated carbocycles. The third kappa shape index (κ3) is 2.92. The van der Waals surface area contributed by atoms with Gasteiger partial charge in [0.2, 0.25) is 11.7 Å². The summed E-state index contributed by atoms with van der Waals surface area (Å²) in [7, 11) is 0. The lowest BCUT2D eigenvalue weighted by Gasteiger charge is -2.14. The van der Waals surface area contributed by atoms with Gasteiger partial charge in [-0.15, -0.1) is 0 Å². The van der Waals surface area contributed by atoms with Crippen molar-refractivity contribution in [1.29, 1.82) is 0 Å². The molecular weight excluding hydrogens is 222 g/mol. The number of aliphatic hydroxyl groups excluding tert-OH is 1. The minimum atomic E-state index is -0.428. The Kier molecular flexibility index (Phi) is 3.55. The monoisotopic (exact) mass is 237 g/mol. The van der Waals surface area contributed by atoms with Gasteiger partial charge in [0.15, 0.2) is 5.76 Å². The Morgan fingerprint density at radius 2 is 2.29 bits per heavy atom. The van der Waals surface area contributed by atoms with Crippen LogP contribution in [0.5, 0.6) is 0 Å². The van der Waals surface area contributed by atoms with E-state index in [0.717, 1.165) is 0 Å². The molecule has 2 heterocycles. The van der Waals surface area contributed by atoms with E-state index < -0.39 is 6.10 Å². The fourth-order valence-electron chi connectivity index (χ4n) is 1.25. The highest BCUT2D eigenvalue weighted by Crippen LogP contribution is 2.15. The maximum atomic E-state index is 9.31. The van der Waals surface area contributed by atoms with E-state index in [1.54, 1.807) is 25.3 Å². The summed E-state index contributed by atoms with van der Waals surface area (Å²) in [6, 6.07) is 3.49. The normalized spacial score (nSPS) is 14.8. The van der Waals surface area contributed by atoms with Gasteiger partial charge in [-0.05, 0) is 26.0 Å². The van der Waals surface area contributed by atoms with Crippen LogP contribution in [0.15, 0.2) is 27.3 Å². The predicted molar refractivity (Wildman–Crippen MR) is 60.0 cm³/mol. The van der Waals surface area contributed by atoms with Crippen LogP contribution < -0.4 is 5.32 Å². The van der Waals surface area contributed by atoms with Crippen LogP contribution in [0, 0.1) is 0 Å². The molecule has 17 heavy (non-hydrogen) atoms. The second-order valence-electron chi connectivity index (χ2n) is 3.90. The first-order valence-electron chi connectivity index (χ1n) is 5.44. The average Bonchev–Trinajstić information content (AvgIpc) is 2.95. The van der Waals surface area contributed by atoms with E-state index in [-0.39, 0.29) is 6.04 Å². The molecule has 0 aliphatic heterocycles. The van der Waals surface area contributed by atoms with Gasteiger partial charge in [-0.3, -0.25) is 0 Å². The molecule has 2 aromatic heterocycles. The summed E-state index contributed by atoms with van der Waals surface area (Å²) in [4.78, 5) is 4.17. The number of hydrogen-bond donors (Lipinski definition) is 2. The van der Waals surface area contributed by atoms with Crippen LogP contribution in [0.2, 0.25) is 0 Å². The van der Waals surface area contributed by atoms with Crippen molar-refractivity contribution in [3.05, 3.63) is 24.3 Å². The molecule has 2 N–H and O–H groups in total. The number of aliphatic hydroxyl groups is 1. The summed E-state index contributed by atoms with van der Waals surface area (Å²) in [5.74, 6) is 1.46. The molecule has 6 nitrogen and oxygen atoms in total. The van der Waals surface area contributed by atoms with Gasteiger partial charge in [0, 0.05) is 6.04 Å². The molecule has 2 rings (SSSR count). The van der Waals surface area contributed by atoms with Gasteiger partial charge >= 0.3 is 0 Å². The van der Waals surface area contributed by atoms with Crippen molar-refractivity contribution < 1.29 is 14.0 Å². The Labute approximate surface area is 98.6 Å². The fraction of sp³-hybridized carbons (Fsp3) is 0.455. The number of furan rings is 1. The Hall–Kier alpha value is -1.66. The highest BCUT2D eigenvalue weighted by atomic mass is 16.5. The quantitative estimate of drug-likeness (QED) is 0.812. The van der Waals surface area contributed by atoms with Gasteiger partial charge in [0.25, 0.3) is 0 Å². The summed E-state index contributed by atoms with van der Waals surface area (Å²) >= 11 is 0. The number of aromatic nitrogens is 2. The van der Waals surface area contributed by atoms with E-state index in [1.165, 1.54) is 0 Å². The van der Waals surface area contributed by atoms with Crippen LogP contribution in [0.3, 0.4) is 0 Å². The van der Waals surface area contributed by atoms with E-state index >= 15 is 0 Å². The minimum Gasteiger partial charge on any atom is -0.461 e. The lowest BCUT2D eigenvalue weighted by Crippen LogP contribution is -2.34. The molecule has 0 saturated heterocycles. The molecule has 2 aromatic rings. The molecule has 0 spiro atoms. The third-order valence-corrected chi connectivity index (χ3v) is 2.51. The van der Waals surface area contributed by atoms with Gasteiger partial charge in [-0.1, -0.05) is 5.16 Å². The van der Waals surface area contributed by atoms with Crippen molar-refractivity contribution in [2.75, 3.05) is 0 Å². The van der Waals surface area contributed by atoms with Gasteiger partial charge in [-0.2, -0.15) is 4.98 Å². The fourth-order valence-corrected chi connectivity index (χ4v) is 1.25. The van der Waals surface area contributed by atoms with Crippen LogP contribution in [0.25, 0.3) is 11.6 Å². The molecule has 0 aliphatic carbocycles. The second-order valence-corrected chi connectivity index (χ2v) is 3.90. The summed E-state index contributed by atoms with van der Waals surface area (Å²) in [5, 5.41) is 16.2. The number of hydrogen-bond acceptors (Lipinski definition) is 6. The van der Waals surface area contributed by atoms with E-state index in [0.29, 0.717) is 24.0 Å². The Morgan fingerprint density at radius 3 is 2.94 bits per heavy atom. The van der Waals surface area contributed by atoms with Crippen LogP contribution in [-0.2, 0) is 6.54 Å². The number of nitrogens with zero attached hydrogens (tertiary/aromatic N) is 2. The maximum Gasteiger partial charge on any atom is 0.241 e. The van der Waals surface area contributed by atoms with Crippen molar-refractivity contribution in [1.82, 2.24) is 15.5 Å². The Balaban J connectivity index is 1.95. The first-order valence-corrected chi connectivity index (χ1v) is 5.44. The lowest BCUT2D eigenvalue weighted by atomic mass is 10.2. The zero-order valence-electron chi connectivity index (χ0n) is 9.75. The molecule has 0 amide bonds. The molecule has 0 aromatic carbocycles. The van der Waals surface area contributed by atoms with Crippen molar-refractivity contribution in [3.8, 4) is 11.6 Å². The van der Waals surface area contributed by atoms with E-state index in [2.05, 4.69) is 15.5 Å². The summed E-state index contributed by atoms with van der Waals surface area (Å²) in [5.41, 5.74) is 0. The summed E-state index contributed by atoms with van der Waals surface area (Å²) < 4.78 is 10.2. The van der Waals surface area contributed by atoms with Crippen LogP contribution >= 0.6 is 0 Å². The maximum absolute atomic E-state index is 9.31. The number of rotatable bonds is 5. The smallest absolute Gasteiger partial charge is 0.241 e. The summed E-state index contributed by atoms with van der Waals surface area (Å²) in [6.07, 6.45) is 1.13. The van der Waals surface area contributed by atoms with Crippen LogP contribution in [-0.4, -0.2) is 27.4 Å². The van der Waals surface area contributed by atoms with Gasteiger partial charge in [0.1, 0.15) is 0 Å². The SMILES string of the molecule is CC(O)C(C)NCc1nc(-c2ccco2)no1. The largest absolute Gasteiger partial charge is 0.461 e. The second kappa shape index (κ2) is 5.11. The van der Waals surface area contributed by atoms with Crippen molar-refractivity contribution in [3.63, 3.8) is 0 Å². The molecule has 6 heteroatoms. The molecule has 0 bridgehead atoms. The number of nitrogens with one attached hydrogen (secondary N) is 1. The third-order valence-electron chi connectivity index (χ3n) is 2.51. The van der Waals surface area contributed by atoms with Gasteiger partial charge in [-0.25, -0.2) is 0 Å². The summed E-state index contributed by atoms with van der Waals surface area (Å²) in [6.45, 7) is 4.02. The van der Waals surface area contributed by atoms with Crippen molar-refractivity contribution >= 4 is 0 Å². The van der Waals surface area contributed by atoms with E-state index in [9.17, 15) is 5.11 Å². The topological polar surface area (TPSA) is 84.3 Å². The standard InChI is InChI=1S/C11H15N3O3/c1-7(8(2)15)12-6-10-13-11(14-17-10)9-4-3-5-16-9/h3-5,7-8,12,15H,6H2,1-2H3. The highest BCUT2D eigenvalue weighted by Gasteiger charge is 2.13. The van der Waals surface area contributed by atoms with Crippen molar-refractivity contribution in [2.24, 2.45) is 0 Å². The van der Waals surface area contributed by atoms with Gasteiger partial charge in [0.05, 0.1) is 18.9 Å². The van der Waals surface area contributed by atoms with Crippen LogP contribution in [0.4, 0.5) is 0 Å². The zero-order valence-corrected chi connectivity index (χ0v) is 9.75. The predicted octanol–water partition coefficient (Wildman–Crippen LogP) is 1.19. The minimum absolute atomic E-state index is 0.0334. The lowest BCUT2D eigenvalue weighted by molar-refractivity contribution is 0.150. The van der Waals surface area contributed by atoms with Crippen LogP contribution in [0.1, 0.15) is 19.7 Å². The Morgan fingerprint density at radius 1 is 1.47 bits per heavy atom. The molecule has 2 unspecified atom stereocenters. The van der Waals surface area contributed by atoms with E-state index in [1.807, 2.05) is 6.92 Å². The molecular formula is C11H15N3O3. The molecule has 92 valence electrons. The van der Waals surface area contributed by atoms with Crippen molar-refractivity contribution in [2.45, 2.75) is 32.5 Å². The molecule has 0 fully saturated rings. The molecule has 0 aliphatic rings. The zero-order chi connectivity index (χ0) is 12.3. The first kappa shape index (κ1) is 11.8.